The predicted octanol–water partition coefficient (Wildman–Crippen LogP) is -2.78. The van der Waals surface area contributed by atoms with E-state index in [9.17, 15) is 0 Å². The molecule has 0 N–H and O–H groups in total. The van der Waals surface area contributed by atoms with Crippen LogP contribution in [-0.4, -0.2) is 8.07 Å². The first-order valence-electron chi connectivity index (χ1n) is 3.92. The maximum absolute atomic E-state index is 2.42. The molecule has 0 aromatic heterocycles. The minimum Gasteiger partial charge on any atom is -1.00 e. The van der Waals surface area contributed by atoms with Crippen molar-refractivity contribution in [3.05, 3.63) is 23.8 Å². The van der Waals surface area contributed by atoms with Crippen molar-refractivity contribution in [1.82, 2.24) is 0 Å². The molecule has 0 aromatic carbocycles. The molecule has 0 aromatic rings. The Bertz CT molecular complexity index is 183. The number of hydrogen-bond acceptors (Lipinski definition) is 0. The van der Waals surface area contributed by atoms with Crippen LogP contribution in [0.25, 0.3) is 0 Å². The van der Waals surface area contributed by atoms with E-state index in [1.807, 2.05) is 0 Å². The van der Waals surface area contributed by atoms with Gasteiger partial charge in [-0.15, -0.1) is 0 Å². The normalized spacial score (nSPS) is 13.6. The average Bonchev–Trinajstić information content (AvgIpc) is 2.12. The van der Waals surface area contributed by atoms with Crippen LogP contribution in [0.1, 0.15) is 6.42 Å². The fourth-order valence-electron chi connectivity index (χ4n) is 1.30. The minimum atomic E-state index is -0.831. The van der Waals surface area contributed by atoms with E-state index in [0.717, 1.165) is 0 Å². The summed E-state index contributed by atoms with van der Waals surface area (Å²) in [7, 11) is -0.831. The van der Waals surface area contributed by atoms with E-state index in [4.69, 9.17) is 0 Å². The summed E-state index contributed by atoms with van der Waals surface area (Å²) in [5.41, 5.74) is 1.64. The smallest absolute Gasteiger partial charge is 0.0483 e. The molecule has 13 heavy (non-hydrogen) atoms. The molecule has 0 heterocycles. The minimum absolute atomic E-state index is 0. The van der Waals surface area contributed by atoms with Crippen LogP contribution in [0.15, 0.2) is 23.8 Å². The standard InChI is InChI=1S/C9H16Si.2ClH.Hf/c1-10(2,3)8-9-6-4-5-7-9;;;/h4-6H,7-8H2,1-3H3;2*1H;/p-2. The van der Waals surface area contributed by atoms with E-state index in [-0.39, 0.29) is 50.7 Å². The maximum atomic E-state index is 2.42. The van der Waals surface area contributed by atoms with Crippen LogP contribution in [0.4, 0.5) is 0 Å². The Hall–Kier alpha value is 1.15. The molecule has 4 heteroatoms. The summed E-state index contributed by atoms with van der Waals surface area (Å²) in [6.45, 7) is 7.27. The first-order valence-corrected chi connectivity index (χ1v) is 7.63. The molecule has 1 aliphatic carbocycles. The Kier molecular flexibility index (Phi) is 12.8. The number of rotatable bonds is 2. The van der Waals surface area contributed by atoms with E-state index >= 15 is 0 Å². The van der Waals surface area contributed by atoms with Crippen molar-refractivity contribution in [1.29, 1.82) is 0 Å². The Morgan fingerprint density at radius 2 is 1.77 bits per heavy atom. The Morgan fingerprint density at radius 3 is 2.08 bits per heavy atom. The van der Waals surface area contributed by atoms with Crippen LogP contribution in [0, 0.1) is 0 Å². The molecule has 0 fully saturated rings. The molecule has 0 saturated carbocycles. The molecule has 1 aliphatic rings. The zero-order chi connectivity index (χ0) is 7.61. The third-order valence-corrected chi connectivity index (χ3v) is 3.12. The van der Waals surface area contributed by atoms with Gasteiger partial charge in [-0.2, -0.15) is 0 Å². The Balaban J connectivity index is -0.000000333. The largest absolute Gasteiger partial charge is 1.00 e. The Labute approximate surface area is 114 Å². The van der Waals surface area contributed by atoms with Gasteiger partial charge in [-0.1, -0.05) is 43.4 Å². The molecule has 0 radical (unpaired) electrons. The summed E-state index contributed by atoms with van der Waals surface area (Å²) >= 11 is 0. The average molecular weight is 402 g/mol. The van der Waals surface area contributed by atoms with Crippen LogP contribution in [0.3, 0.4) is 0 Å². The molecule has 0 amide bonds. The SMILES string of the molecule is C[Si](C)(C)CC1=CC=CC1.[Cl-].[Cl-].[Hf]. The number of hydrogen-bond donors (Lipinski definition) is 0. The van der Waals surface area contributed by atoms with Crippen LogP contribution >= 0.6 is 0 Å². The summed E-state index contributed by atoms with van der Waals surface area (Å²) in [6.07, 6.45) is 7.91. The van der Waals surface area contributed by atoms with Gasteiger partial charge >= 0.3 is 0 Å². The van der Waals surface area contributed by atoms with Crippen molar-refractivity contribution < 1.29 is 50.7 Å². The molecular weight excluding hydrogens is 386 g/mol. The fraction of sp³-hybridized carbons (Fsp3) is 0.556. The molecular formula is C9H16Cl2HfSi-2. The second kappa shape index (κ2) is 8.45. The maximum Gasteiger partial charge on any atom is 0.0483 e. The van der Waals surface area contributed by atoms with Crippen molar-refractivity contribution in [2.45, 2.75) is 32.1 Å². The van der Waals surface area contributed by atoms with Gasteiger partial charge in [-0.05, 0) is 12.5 Å². The van der Waals surface area contributed by atoms with Crippen LogP contribution in [0.5, 0.6) is 0 Å². The van der Waals surface area contributed by atoms with Gasteiger partial charge < -0.3 is 24.8 Å². The molecule has 0 aliphatic heterocycles. The summed E-state index contributed by atoms with van der Waals surface area (Å²) in [5, 5.41) is 0. The second-order valence-corrected chi connectivity index (χ2v) is 9.67. The first kappa shape index (κ1) is 19.7. The summed E-state index contributed by atoms with van der Waals surface area (Å²) in [5.74, 6) is 0. The van der Waals surface area contributed by atoms with E-state index in [1.54, 1.807) is 5.57 Å². The molecule has 1 rings (SSSR count). The summed E-state index contributed by atoms with van der Waals surface area (Å²) in [6, 6.07) is 1.38. The van der Waals surface area contributed by atoms with Gasteiger partial charge in [0.2, 0.25) is 0 Å². The van der Waals surface area contributed by atoms with Gasteiger partial charge in [0.05, 0.1) is 0 Å². The van der Waals surface area contributed by atoms with Gasteiger partial charge in [0.1, 0.15) is 0 Å². The monoisotopic (exact) mass is 402 g/mol. The van der Waals surface area contributed by atoms with Crippen LogP contribution in [0.2, 0.25) is 25.7 Å². The molecule has 0 atom stereocenters. The van der Waals surface area contributed by atoms with Gasteiger partial charge in [0, 0.05) is 33.9 Å². The molecule has 76 valence electrons. The summed E-state index contributed by atoms with van der Waals surface area (Å²) < 4.78 is 0. The van der Waals surface area contributed by atoms with Crippen LogP contribution in [-0.2, 0) is 25.8 Å². The van der Waals surface area contributed by atoms with Crippen molar-refractivity contribution in [3.63, 3.8) is 0 Å². The van der Waals surface area contributed by atoms with Crippen molar-refractivity contribution >= 4 is 8.07 Å². The zero-order valence-electron chi connectivity index (χ0n) is 8.40. The third kappa shape index (κ3) is 9.45. The third-order valence-electron chi connectivity index (χ3n) is 1.61. The zero-order valence-corrected chi connectivity index (χ0v) is 14.5. The molecule has 0 unspecified atom stereocenters. The van der Waals surface area contributed by atoms with Gasteiger partial charge in [0.15, 0.2) is 0 Å². The van der Waals surface area contributed by atoms with E-state index in [1.165, 1.54) is 12.5 Å². The van der Waals surface area contributed by atoms with E-state index in [0.29, 0.717) is 0 Å². The topological polar surface area (TPSA) is 0 Å². The van der Waals surface area contributed by atoms with Gasteiger partial charge in [-0.25, -0.2) is 0 Å². The molecule has 0 spiro atoms. The van der Waals surface area contributed by atoms with E-state index in [2.05, 4.69) is 37.9 Å². The predicted molar refractivity (Wildman–Crippen MR) is 50.0 cm³/mol. The number of halogens is 2. The van der Waals surface area contributed by atoms with Crippen molar-refractivity contribution in [3.8, 4) is 0 Å². The van der Waals surface area contributed by atoms with Crippen molar-refractivity contribution in [2.24, 2.45) is 0 Å². The Morgan fingerprint density at radius 1 is 1.23 bits per heavy atom. The molecule has 0 nitrogen and oxygen atoms in total. The fourth-order valence-corrected chi connectivity index (χ4v) is 2.93. The van der Waals surface area contributed by atoms with Crippen molar-refractivity contribution in [2.75, 3.05) is 0 Å². The quantitative estimate of drug-likeness (QED) is 0.439. The van der Waals surface area contributed by atoms with Crippen LogP contribution < -0.4 is 24.8 Å². The molecule has 0 saturated heterocycles. The first-order chi connectivity index (χ1) is 4.58. The second-order valence-electron chi connectivity index (χ2n) is 4.19. The molecule has 0 bridgehead atoms. The van der Waals surface area contributed by atoms with E-state index < -0.39 is 8.07 Å². The summed E-state index contributed by atoms with van der Waals surface area (Å²) in [4.78, 5) is 0. The number of allylic oxidation sites excluding steroid dienone is 4. The van der Waals surface area contributed by atoms with Gasteiger partial charge in [-0.3, -0.25) is 0 Å². The van der Waals surface area contributed by atoms with Gasteiger partial charge in [0.25, 0.3) is 0 Å².